The van der Waals surface area contributed by atoms with E-state index in [0.29, 0.717) is 28.1 Å². The van der Waals surface area contributed by atoms with Gasteiger partial charge in [0.25, 0.3) is 5.71 Å². The highest BCUT2D eigenvalue weighted by atomic mass is 16.5. The molecule has 0 aromatic carbocycles. The van der Waals surface area contributed by atoms with Crippen molar-refractivity contribution in [1.82, 2.24) is 19.9 Å². The van der Waals surface area contributed by atoms with Crippen molar-refractivity contribution in [3.63, 3.8) is 0 Å². The number of carbonyl (C=O) groups excluding carboxylic acids is 1. The number of carbonyl (C=O) groups is 1. The van der Waals surface area contributed by atoms with Gasteiger partial charge in [-0.1, -0.05) is 5.16 Å². The number of aromatic nitrogens is 4. The van der Waals surface area contributed by atoms with E-state index in [2.05, 4.69) is 15.2 Å². The molecule has 0 unspecified atom stereocenters. The normalized spacial score (nSPS) is 11.1. The van der Waals surface area contributed by atoms with Crippen molar-refractivity contribution in [3.05, 3.63) is 29.2 Å². The van der Waals surface area contributed by atoms with Crippen molar-refractivity contribution in [3.8, 4) is 11.3 Å². The molecule has 0 bridgehead atoms. The highest BCUT2D eigenvalue weighted by Gasteiger charge is 2.23. The predicted octanol–water partition coefficient (Wildman–Crippen LogP) is 2.51. The van der Waals surface area contributed by atoms with Gasteiger partial charge in [-0.2, -0.15) is 5.10 Å². The molecule has 0 fully saturated rings. The van der Waals surface area contributed by atoms with Crippen LogP contribution in [0.2, 0.25) is 0 Å². The van der Waals surface area contributed by atoms with Gasteiger partial charge in [0.15, 0.2) is 0 Å². The Morgan fingerprint density at radius 1 is 1.41 bits per heavy atom. The zero-order valence-corrected chi connectivity index (χ0v) is 12.9. The summed E-state index contributed by atoms with van der Waals surface area (Å²) in [5, 5.41) is 8.95. The molecule has 3 aromatic rings. The lowest BCUT2D eigenvalue weighted by molar-refractivity contribution is 0.0602. The van der Waals surface area contributed by atoms with Gasteiger partial charge < -0.3 is 9.26 Å². The van der Waals surface area contributed by atoms with Gasteiger partial charge in [-0.15, -0.1) is 0 Å². The van der Waals surface area contributed by atoms with Crippen LogP contribution in [0.25, 0.3) is 22.4 Å². The van der Waals surface area contributed by atoms with Gasteiger partial charge in [0.05, 0.1) is 24.3 Å². The van der Waals surface area contributed by atoms with Crippen LogP contribution in [-0.4, -0.2) is 33.0 Å². The molecule has 0 N–H and O–H groups in total. The minimum Gasteiger partial charge on any atom is -0.465 e. The van der Waals surface area contributed by atoms with Gasteiger partial charge in [-0.3, -0.25) is 4.68 Å². The van der Waals surface area contributed by atoms with E-state index in [1.54, 1.807) is 19.2 Å². The average molecular weight is 300 g/mol. The third kappa shape index (κ3) is 2.05. The van der Waals surface area contributed by atoms with E-state index in [1.165, 1.54) is 7.11 Å². The monoisotopic (exact) mass is 300 g/mol. The van der Waals surface area contributed by atoms with Crippen LogP contribution in [0.3, 0.4) is 0 Å². The average Bonchev–Trinajstić information content (AvgIpc) is 3.08. The zero-order valence-electron chi connectivity index (χ0n) is 12.9. The number of esters is 1. The first-order valence-corrected chi connectivity index (χ1v) is 6.95. The Balaban J connectivity index is 2.31. The van der Waals surface area contributed by atoms with E-state index in [1.807, 2.05) is 18.5 Å². The smallest absolute Gasteiger partial charge is 0.338 e. The van der Waals surface area contributed by atoms with Gasteiger partial charge in [0.1, 0.15) is 5.69 Å². The maximum atomic E-state index is 12.1. The fraction of sp³-hybridized carbons (Fsp3) is 0.333. The quantitative estimate of drug-likeness (QED) is 0.691. The highest BCUT2D eigenvalue weighted by molar-refractivity contribution is 6.07. The van der Waals surface area contributed by atoms with Gasteiger partial charge in [-0.05, 0) is 26.8 Å². The third-order valence-electron chi connectivity index (χ3n) is 3.64. The number of fused-ring (bicyclic) bond motifs is 1. The Morgan fingerprint density at radius 3 is 2.82 bits per heavy atom. The van der Waals surface area contributed by atoms with E-state index < -0.39 is 5.97 Å². The summed E-state index contributed by atoms with van der Waals surface area (Å²) in [6, 6.07) is 1.68. The van der Waals surface area contributed by atoms with Crippen molar-refractivity contribution in [2.45, 2.75) is 27.3 Å². The van der Waals surface area contributed by atoms with Gasteiger partial charge >= 0.3 is 5.97 Å². The topological polar surface area (TPSA) is 83.0 Å². The molecule has 22 heavy (non-hydrogen) atoms. The summed E-state index contributed by atoms with van der Waals surface area (Å²) < 4.78 is 12.0. The van der Waals surface area contributed by atoms with Gasteiger partial charge in [-0.25, -0.2) is 9.78 Å². The molecule has 0 aliphatic rings. The fourth-order valence-electron chi connectivity index (χ4n) is 2.53. The fourth-order valence-corrected chi connectivity index (χ4v) is 2.53. The van der Waals surface area contributed by atoms with Crippen LogP contribution < -0.4 is 0 Å². The molecule has 3 heterocycles. The summed E-state index contributed by atoms with van der Waals surface area (Å²) in [5.41, 5.74) is 3.70. The second kappa shape index (κ2) is 5.25. The molecule has 0 amide bonds. The van der Waals surface area contributed by atoms with Crippen molar-refractivity contribution < 1.29 is 14.1 Å². The van der Waals surface area contributed by atoms with Gasteiger partial charge in [0.2, 0.25) is 0 Å². The number of pyridine rings is 1. The molecule has 3 aromatic heterocycles. The van der Waals surface area contributed by atoms with Crippen LogP contribution in [0.4, 0.5) is 0 Å². The molecule has 0 radical (unpaired) electrons. The minimum absolute atomic E-state index is 0.319. The first kappa shape index (κ1) is 14.2. The molecule has 114 valence electrons. The number of rotatable bonds is 3. The van der Waals surface area contributed by atoms with Gasteiger partial charge in [0, 0.05) is 23.5 Å². The number of hydrogen-bond acceptors (Lipinski definition) is 6. The lowest BCUT2D eigenvalue weighted by Crippen LogP contribution is -2.04. The number of nitrogens with zero attached hydrogens (tertiary/aromatic N) is 4. The molecule has 7 nitrogen and oxygen atoms in total. The summed E-state index contributed by atoms with van der Waals surface area (Å²) >= 11 is 0. The van der Waals surface area contributed by atoms with Crippen molar-refractivity contribution in [2.75, 3.05) is 7.11 Å². The predicted molar refractivity (Wildman–Crippen MR) is 79.5 cm³/mol. The molecule has 0 aliphatic heterocycles. The van der Waals surface area contributed by atoms with Crippen LogP contribution in [0.1, 0.15) is 28.7 Å². The van der Waals surface area contributed by atoms with E-state index in [-0.39, 0.29) is 0 Å². The summed E-state index contributed by atoms with van der Waals surface area (Å²) in [5.74, 6) is -0.444. The lowest BCUT2D eigenvalue weighted by Gasteiger charge is -2.04. The van der Waals surface area contributed by atoms with E-state index in [4.69, 9.17) is 9.26 Å². The molecule has 7 heteroatoms. The summed E-state index contributed by atoms with van der Waals surface area (Å²) in [6.45, 7) is 6.50. The standard InChI is InChI=1S/C15H16N4O3/c1-5-19-9(3)11(7-16-19)13-12-10(15(20)21-4)6-8(2)17-14(12)22-18-13/h6-7H,5H2,1-4H3. The number of ether oxygens (including phenoxy) is 1. The summed E-state index contributed by atoms with van der Waals surface area (Å²) in [4.78, 5) is 16.4. The first-order chi connectivity index (χ1) is 10.6. The van der Waals surface area contributed by atoms with E-state index in [9.17, 15) is 4.79 Å². The zero-order chi connectivity index (χ0) is 15.9. The number of methoxy groups -OCH3 is 1. The molecule has 0 spiro atoms. The van der Waals surface area contributed by atoms with E-state index in [0.717, 1.165) is 17.8 Å². The summed E-state index contributed by atoms with van der Waals surface area (Å²) in [6.07, 6.45) is 1.72. The van der Waals surface area contributed by atoms with Crippen LogP contribution in [0, 0.1) is 13.8 Å². The van der Waals surface area contributed by atoms with E-state index >= 15 is 0 Å². The number of aryl methyl sites for hydroxylation is 2. The second-order valence-electron chi connectivity index (χ2n) is 4.97. The van der Waals surface area contributed by atoms with Crippen molar-refractivity contribution in [1.29, 1.82) is 0 Å². The summed E-state index contributed by atoms with van der Waals surface area (Å²) in [7, 11) is 1.34. The van der Waals surface area contributed by atoms with Crippen molar-refractivity contribution >= 4 is 17.1 Å². The first-order valence-electron chi connectivity index (χ1n) is 6.95. The molecular formula is C15H16N4O3. The van der Waals surface area contributed by atoms with Crippen LogP contribution >= 0.6 is 0 Å². The molecular weight excluding hydrogens is 284 g/mol. The maximum Gasteiger partial charge on any atom is 0.338 e. The number of hydrogen-bond donors (Lipinski definition) is 0. The molecule has 3 rings (SSSR count). The highest BCUT2D eigenvalue weighted by Crippen LogP contribution is 2.32. The second-order valence-corrected chi connectivity index (χ2v) is 4.97. The third-order valence-corrected chi connectivity index (χ3v) is 3.64. The molecule has 0 atom stereocenters. The van der Waals surface area contributed by atoms with Crippen molar-refractivity contribution in [2.24, 2.45) is 0 Å². The Morgan fingerprint density at radius 2 is 2.18 bits per heavy atom. The molecule has 0 saturated heterocycles. The Labute approximate surface area is 126 Å². The molecule has 0 saturated carbocycles. The Kier molecular flexibility index (Phi) is 3.40. The Hall–Kier alpha value is -2.70. The lowest BCUT2D eigenvalue weighted by atomic mass is 10.1. The Bertz CT molecular complexity index is 863. The largest absolute Gasteiger partial charge is 0.465 e. The van der Waals surface area contributed by atoms with Crippen LogP contribution in [-0.2, 0) is 11.3 Å². The molecule has 0 aliphatic carbocycles. The van der Waals surface area contributed by atoms with Crippen LogP contribution in [0.5, 0.6) is 0 Å². The van der Waals surface area contributed by atoms with Crippen LogP contribution in [0.15, 0.2) is 16.8 Å². The minimum atomic E-state index is -0.444. The SMILES string of the molecule is CCn1ncc(-c2noc3nc(C)cc(C(=O)OC)c23)c1C. The maximum absolute atomic E-state index is 12.1.